The molecule has 0 unspecified atom stereocenters. The fourth-order valence-corrected chi connectivity index (χ4v) is 4.41. The van der Waals surface area contributed by atoms with Gasteiger partial charge in [-0.2, -0.15) is 17.4 Å². The molecule has 1 amide bonds. The van der Waals surface area contributed by atoms with Crippen LogP contribution in [-0.2, 0) is 21.5 Å². The second-order valence-electron chi connectivity index (χ2n) is 6.29. The van der Waals surface area contributed by atoms with Crippen molar-refractivity contribution in [2.24, 2.45) is 0 Å². The maximum atomic E-state index is 12.8. The van der Waals surface area contributed by atoms with Crippen molar-refractivity contribution in [2.75, 3.05) is 25.1 Å². The molecule has 2 aromatic carbocycles. The Bertz CT molecular complexity index is 902. The highest BCUT2D eigenvalue weighted by Crippen LogP contribution is 2.25. The predicted molar refractivity (Wildman–Crippen MR) is 104 cm³/mol. The molecule has 0 spiro atoms. The number of carbonyl (C=O) groups is 1. The van der Waals surface area contributed by atoms with Gasteiger partial charge in [0.25, 0.3) is 10.2 Å². The minimum Gasteiger partial charge on any atom is -0.497 e. The van der Waals surface area contributed by atoms with E-state index >= 15 is 0 Å². The van der Waals surface area contributed by atoms with E-state index in [0.29, 0.717) is 11.4 Å². The number of nitrogens with one attached hydrogen (secondary N) is 1. The molecule has 0 saturated carbocycles. The fourth-order valence-electron chi connectivity index (χ4n) is 3.07. The molecule has 0 radical (unpaired) electrons. The first-order valence-electron chi connectivity index (χ1n) is 8.68. The van der Waals surface area contributed by atoms with Gasteiger partial charge in [-0.15, -0.1) is 0 Å². The molecule has 0 bridgehead atoms. The number of benzene rings is 2. The summed E-state index contributed by atoms with van der Waals surface area (Å²) in [5.74, 6) is 0.382. The first-order chi connectivity index (χ1) is 12.9. The molecule has 1 aliphatic heterocycles. The van der Waals surface area contributed by atoms with Gasteiger partial charge < -0.3 is 9.64 Å². The largest absolute Gasteiger partial charge is 0.497 e. The summed E-state index contributed by atoms with van der Waals surface area (Å²) in [5.41, 5.74) is 1.55. The van der Waals surface area contributed by atoms with Gasteiger partial charge in [0.05, 0.1) is 7.11 Å². The van der Waals surface area contributed by atoms with Crippen molar-refractivity contribution < 1.29 is 17.9 Å². The van der Waals surface area contributed by atoms with Gasteiger partial charge in [-0.3, -0.25) is 4.79 Å². The summed E-state index contributed by atoms with van der Waals surface area (Å²) in [5, 5.41) is 0. The molecule has 2 aromatic rings. The Kier molecular flexibility index (Phi) is 5.79. The van der Waals surface area contributed by atoms with Crippen LogP contribution in [0.15, 0.2) is 54.6 Å². The molecular weight excluding hydrogens is 366 g/mol. The Hall–Kier alpha value is -2.42. The van der Waals surface area contributed by atoms with Crippen LogP contribution in [0, 0.1) is 0 Å². The van der Waals surface area contributed by atoms with Crippen molar-refractivity contribution in [2.45, 2.75) is 19.5 Å². The average molecular weight is 389 g/mol. The smallest absolute Gasteiger partial charge is 0.280 e. The second-order valence-corrected chi connectivity index (χ2v) is 8.00. The lowest BCUT2D eigenvalue weighted by atomic mass is 10.2. The molecule has 1 saturated heterocycles. The Balaban J connectivity index is 1.71. The Morgan fingerprint density at radius 2 is 1.85 bits per heavy atom. The van der Waals surface area contributed by atoms with Gasteiger partial charge in [-0.25, -0.2) is 0 Å². The number of amides is 1. The SMILES string of the molecule is COc1cccc(N2CCN(S(=O)(=O)NCc3ccccc3)[C@@H](C)C2=O)c1. The number of methoxy groups -OCH3 is 1. The van der Waals surface area contributed by atoms with Crippen LogP contribution in [0.3, 0.4) is 0 Å². The summed E-state index contributed by atoms with van der Waals surface area (Å²) in [6.07, 6.45) is 0. The molecular formula is C19H23N3O4S. The highest BCUT2D eigenvalue weighted by atomic mass is 32.2. The van der Waals surface area contributed by atoms with Crippen LogP contribution in [0.2, 0.25) is 0 Å². The van der Waals surface area contributed by atoms with Crippen molar-refractivity contribution in [3.8, 4) is 5.75 Å². The van der Waals surface area contributed by atoms with Crippen molar-refractivity contribution in [3.05, 3.63) is 60.2 Å². The number of carbonyl (C=O) groups excluding carboxylic acids is 1. The first-order valence-corrected chi connectivity index (χ1v) is 10.1. The quantitative estimate of drug-likeness (QED) is 0.817. The Morgan fingerprint density at radius 1 is 1.11 bits per heavy atom. The van der Waals surface area contributed by atoms with Gasteiger partial charge in [0, 0.05) is 31.4 Å². The van der Waals surface area contributed by atoms with Crippen LogP contribution in [0.5, 0.6) is 5.75 Å². The third kappa shape index (κ3) is 4.29. The number of hydrogen-bond donors (Lipinski definition) is 1. The van der Waals surface area contributed by atoms with E-state index in [1.54, 1.807) is 37.1 Å². The van der Waals surface area contributed by atoms with Crippen LogP contribution in [0.25, 0.3) is 0 Å². The lowest BCUT2D eigenvalue weighted by Crippen LogP contribution is -2.59. The van der Waals surface area contributed by atoms with E-state index < -0.39 is 16.3 Å². The van der Waals surface area contributed by atoms with Crippen LogP contribution >= 0.6 is 0 Å². The number of rotatable bonds is 6. The molecule has 27 heavy (non-hydrogen) atoms. The predicted octanol–water partition coefficient (Wildman–Crippen LogP) is 1.77. The van der Waals surface area contributed by atoms with E-state index in [0.717, 1.165) is 5.56 Å². The maximum Gasteiger partial charge on any atom is 0.280 e. The van der Waals surface area contributed by atoms with Gasteiger partial charge in [0.2, 0.25) is 5.91 Å². The van der Waals surface area contributed by atoms with Crippen LogP contribution in [0.4, 0.5) is 5.69 Å². The van der Waals surface area contributed by atoms with Gasteiger partial charge in [0.1, 0.15) is 11.8 Å². The van der Waals surface area contributed by atoms with Gasteiger partial charge in [-0.05, 0) is 24.6 Å². The summed E-state index contributed by atoms with van der Waals surface area (Å²) >= 11 is 0. The number of hydrogen-bond acceptors (Lipinski definition) is 4. The number of piperazine rings is 1. The van der Waals surface area contributed by atoms with E-state index in [2.05, 4.69) is 4.72 Å². The molecule has 1 atom stereocenters. The van der Waals surface area contributed by atoms with E-state index in [4.69, 9.17) is 4.74 Å². The van der Waals surface area contributed by atoms with Crippen molar-refractivity contribution in [1.29, 1.82) is 0 Å². The highest BCUT2D eigenvalue weighted by molar-refractivity contribution is 7.87. The summed E-state index contributed by atoms with van der Waals surface area (Å²) in [4.78, 5) is 14.4. The van der Waals surface area contributed by atoms with E-state index in [1.807, 2.05) is 36.4 Å². The third-order valence-electron chi connectivity index (χ3n) is 4.57. The fraction of sp³-hybridized carbons (Fsp3) is 0.316. The maximum absolute atomic E-state index is 12.8. The Labute approximate surface area is 159 Å². The van der Waals surface area contributed by atoms with Crippen molar-refractivity contribution in [3.63, 3.8) is 0 Å². The zero-order chi connectivity index (χ0) is 19.4. The Morgan fingerprint density at radius 3 is 2.56 bits per heavy atom. The number of nitrogens with zero attached hydrogens (tertiary/aromatic N) is 2. The van der Waals surface area contributed by atoms with Gasteiger partial charge in [-0.1, -0.05) is 36.4 Å². The summed E-state index contributed by atoms with van der Waals surface area (Å²) in [6, 6.07) is 15.6. The van der Waals surface area contributed by atoms with Crippen molar-refractivity contribution >= 4 is 21.8 Å². The second kappa shape index (κ2) is 8.08. The number of anilines is 1. The zero-order valence-corrected chi connectivity index (χ0v) is 16.1. The molecule has 1 heterocycles. The van der Waals surface area contributed by atoms with Crippen LogP contribution in [0.1, 0.15) is 12.5 Å². The molecule has 144 valence electrons. The van der Waals surface area contributed by atoms with E-state index in [-0.39, 0.29) is 25.5 Å². The lowest BCUT2D eigenvalue weighted by molar-refractivity contribution is -0.123. The first kappa shape index (κ1) is 19.3. The minimum absolute atomic E-state index is 0.181. The molecule has 1 aliphatic rings. The summed E-state index contributed by atoms with van der Waals surface area (Å²) < 4.78 is 34.4. The van der Waals surface area contributed by atoms with Gasteiger partial charge in [0.15, 0.2) is 0 Å². The molecule has 7 nitrogen and oxygen atoms in total. The molecule has 0 aromatic heterocycles. The number of ether oxygens (including phenoxy) is 1. The van der Waals surface area contributed by atoms with Crippen LogP contribution in [-0.4, -0.2) is 44.9 Å². The monoisotopic (exact) mass is 389 g/mol. The minimum atomic E-state index is -3.77. The summed E-state index contributed by atoms with van der Waals surface area (Å²) in [6.45, 7) is 2.29. The molecule has 8 heteroatoms. The van der Waals surface area contributed by atoms with Crippen LogP contribution < -0.4 is 14.4 Å². The average Bonchev–Trinajstić information content (AvgIpc) is 2.69. The molecule has 1 N–H and O–H groups in total. The normalized spacial score (nSPS) is 18.5. The van der Waals surface area contributed by atoms with E-state index in [9.17, 15) is 13.2 Å². The molecule has 3 rings (SSSR count). The standard InChI is InChI=1S/C19H23N3O4S/c1-15-19(23)21(17-9-6-10-18(13-17)26-2)11-12-22(15)27(24,25)20-14-16-7-4-3-5-8-16/h3-10,13,15,20H,11-12,14H2,1-2H3/t15-/m0/s1. The zero-order valence-electron chi connectivity index (χ0n) is 15.3. The van der Waals surface area contributed by atoms with Gasteiger partial charge >= 0.3 is 0 Å². The highest BCUT2D eigenvalue weighted by Gasteiger charge is 2.38. The third-order valence-corrected chi connectivity index (χ3v) is 6.20. The lowest BCUT2D eigenvalue weighted by Gasteiger charge is -2.38. The van der Waals surface area contributed by atoms with E-state index in [1.165, 1.54) is 4.31 Å². The summed E-state index contributed by atoms with van der Waals surface area (Å²) in [7, 11) is -2.21. The molecule has 0 aliphatic carbocycles. The topological polar surface area (TPSA) is 79.0 Å². The van der Waals surface area contributed by atoms with Crippen molar-refractivity contribution in [1.82, 2.24) is 9.03 Å². The molecule has 1 fully saturated rings.